The van der Waals surface area contributed by atoms with Crippen LogP contribution in [-0.4, -0.2) is 56.5 Å². The summed E-state index contributed by atoms with van der Waals surface area (Å²) in [7, 11) is 4.80. The van der Waals surface area contributed by atoms with Crippen molar-refractivity contribution in [2.45, 2.75) is 38.3 Å². The number of hydrogen-bond donors (Lipinski definition) is 1. The molecule has 0 radical (unpaired) electrons. The second-order valence-electron chi connectivity index (χ2n) is 7.42. The monoisotopic (exact) mass is 429 g/mol. The van der Waals surface area contributed by atoms with Crippen molar-refractivity contribution in [2.75, 3.05) is 34.5 Å². The van der Waals surface area contributed by atoms with Crippen LogP contribution in [0.2, 0.25) is 0 Å². The van der Waals surface area contributed by atoms with E-state index < -0.39 is 12.0 Å². The van der Waals surface area contributed by atoms with Crippen molar-refractivity contribution in [2.24, 2.45) is 0 Å². The van der Waals surface area contributed by atoms with Gasteiger partial charge >= 0.3 is 5.97 Å². The molecule has 7 nitrogen and oxygen atoms in total. The maximum absolute atomic E-state index is 12.1. The molecular weight excluding hydrogens is 398 g/mol. The Morgan fingerprint density at radius 1 is 1.06 bits per heavy atom. The Balaban J connectivity index is 2.21. The zero-order valence-electron chi connectivity index (χ0n) is 18.6. The number of para-hydroxylation sites is 1. The zero-order valence-corrected chi connectivity index (χ0v) is 18.6. The lowest BCUT2D eigenvalue weighted by atomic mass is 9.90. The van der Waals surface area contributed by atoms with Crippen LogP contribution < -0.4 is 18.9 Å². The van der Waals surface area contributed by atoms with E-state index in [4.69, 9.17) is 18.9 Å². The molecule has 1 heterocycles. The van der Waals surface area contributed by atoms with E-state index >= 15 is 0 Å². The van der Waals surface area contributed by atoms with Gasteiger partial charge in [0.15, 0.2) is 23.0 Å². The Morgan fingerprint density at radius 2 is 1.84 bits per heavy atom. The summed E-state index contributed by atoms with van der Waals surface area (Å²) in [5, 5.41) is 9.96. The van der Waals surface area contributed by atoms with E-state index in [2.05, 4.69) is 0 Å². The molecule has 1 aliphatic rings. The Kier molecular flexibility index (Phi) is 7.63. The Morgan fingerprint density at radius 3 is 2.48 bits per heavy atom. The predicted octanol–water partition coefficient (Wildman–Crippen LogP) is 4.14. The lowest BCUT2D eigenvalue weighted by Crippen LogP contribution is -2.46. The molecule has 0 spiro atoms. The van der Waals surface area contributed by atoms with Crippen LogP contribution >= 0.6 is 0 Å². The smallest absolute Gasteiger partial charge is 0.320 e. The lowest BCUT2D eigenvalue weighted by molar-refractivity contribution is -0.145. The molecule has 2 aromatic carbocycles. The van der Waals surface area contributed by atoms with E-state index in [-0.39, 0.29) is 6.04 Å². The fraction of sp³-hybridized carbons (Fsp3) is 0.458. The molecule has 1 aliphatic heterocycles. The van der Waals surface area contributed by atoms with Crippen molar-refractivity contribution in [1.29, 1.82) is 0 Å². The van der Waals surface area contributed by atoms with Gasteiger partial charge in [-0.15, -0.1) is 0 Å². The fourth-order valence-electron chi connectivity index (χ4n) is 4.34. The van der Waals surface area contributed by atoms with E-state index in [1.807, 2.05) is 48.2 Å². The Labute approximate surface area is 183 Å². The zero-order chi connectivity index (χ0) is 22.4. The lowest BCUT2D eigenvalue weighted by Gasteiger charge is -2.40. The third-order valence-electron chi connectivity index (χ3n) is 5.69. The van der Waals surface area contributed by atoms with Gasteiger partial charge in [0.05, 0.1) is 34.0 Å². The first kappa shape index (κ1) is 22.7. The quantitative estimate of drug-likeness (QED) is 0.642. The minimum Gasteiger partial charge on any atom is -0.493 e. The van der Waals surface area contributed by atoms with E-state index in [0.717, 1.165) is 24.0 Å². The largest absolute Gasteiger partial charge is 0.493 e. The van der Waals surface area contributed by atoms with Crippen LogP contribution in [0.25, 0.3) is 0 Å². The van der Waals surface area contributed by atoms with Crippen molar-refractivity contribution >= 4 is 5.97 Å². The van der Waals surface area contributed by atoms with Gasteiger partial charge < -0.3 is 24.1 Å². The van der Waals surface area contributed by atoms with Crippen LogP contribution in [0.1, 0.15) is 43.4 Å². The Bertz CT molecular complexity index is 900. The van der Waals surface area contributed by atoms with Gasteiger partial charge in [0.25, 0.3) is 0 Å². The first-order valence-corrected chi connectivity index (χ1v) is 10.6. The molecule has 31 heavy (non-hydrogen) atoms. The van der Waals surface area contributed by atoms with E-state index in [1.54, 1.807) is 21.3 Å². The molecule has 2 unspecified atom stereocenters. The predicted molar refractivity (Wildman–Crippen MR) is 118 cm³/mol. The summed E-state index contributed by atoms with van der Waals surface area (Å²) in [5.41, 5.74) is 1.76. The minimum absolute atomic E-state index is 0.350. The van der Waals surface area contributed by atoms with Crippen LogP contribution in [0.15, 0.2) is 36.4 Å². The second kappa shape index (κ2) is 10.4. The van der Waals surface area contributed by atoms with Gasteiger partial charge in [0.1, 0.15) is 6.04 Å². The first-order chi connectivity index (χ1) is 15.0. The van der Waals surface area contributed by atoms with Crippen molar-refractivity contribution in [1.82, 2.24) is 4.90 Å². The van der Waals surface area contributed by atoms with Gasteiger partial charge in [0, 0.05) is 5.56 Å². The summed E-state index contributed by atoms with van der Waals surface area (Å²) in [6.07, 6.45) is 2.43. The van der Waals surface area contributed by atoms with Gasteiger partial charge in [-0.3, -0.25) is 9.69 Å². The van der Waals surface area contributed by atoms with Crippen molar-refractivity contribution < 1.29 is 28.8 Å². The van der Waals surface area contributed by atoms with Crippen molar-refractivity contribution in [3.05, 3.63) is 47.5 Å². The third kappa shape index (κ3) is 4.71. The summed E-state index contributed by atoms with van der Waals surface area (Å²) in [6.45, 7) is 3.08. The minimum atomic E-state index is -0.815. The molecule has 7 heteroatoms. The molecular formula is C24H31NO6. The van der Waals surface area contributed by atoms with Gasteiger partial charge in [-0.2, -0.15) is 0 Å². The molecule has 0 aromatic heterocycles. The van der Waals surface area contributed by atoms with E-state index in [9.17, 15) is 9.90 Å². The number of likely N-dealkylation sites (tertiary alicyclic amines) is 1. The highest BCUT2D eigenvalue weighted by Crippen LogP contribution is 2.44. The van der Waals surface area contributed by atoms with Gasteiger partial charge in [-0.25, -0.2) is 0 Å². The van der Waals surface area contributed by atoms with Gasteiger partial charge in [-0.05, 0) is 50.1 Å². The fourth-order valence-corrected chi connectivity index (χ4v) is 4.34. The van der Waals surface area contributed by atoms with Crippen LogP contribution in [-0.2, 0) is 4.79 Å². The maximum Gasteiger partial charge on any atom is 0.320 e. The highest BCUT2D eigenvalue weighted by Gasteiger charge is 2.37. The number of aliphatic carboxylic acids is 1. The summed E-state index contributed by atoms with van der Waals surface area (Å²) < 4.78 is 22.5. The molecule has 0 aliphatic carbocycles. The highest BCUT2D eigenvalue weighted by molar-refractivity contribution is 5.74. The topological polar surface area (TPSA) is 77.5 Å². The number of piperidine rings is 1. The van der Waals surface area contributed by atoms with Crippen LogP contribution in [0.5, 0.6) is 23.0 Å². The summed E-state index contributed by atoms with van der Waals surface area (Å²) in [5.74, 6) is 1.64. The third-order valence-corrected chi connectivity index (χ3v) is 5.69. The number of ether oxygens (including phenoxy) is 4. The molecule has 2 atom stereocenters. The van der Waals surface area contributed by atoms with E-state index in [1.165, 1.54) is 0 Å². The second-order valence-corrected chi connectivity index (χ2v) is 7.42. The van der Waals surface area contributed by atoms with E-state index in [0.29, 0.717) is 42.6 Å². The molecule has 0 saturated carbocycles. The first-order valence-electron chi connectivity index (χ1n) is 10.6. The van der Waals surface area contributed by atoms with Crippen LogP contribution in [0.3, 0.4) is 0 Å². The summed E-state index contributed by atoms with van der Waals surface area (Å²) in [6, 6.07) is 10.5. The molecule has 0 bridgehead atoms. The molecule has 3 rings (SSSR count). The number of nitrogens with zero attached hydrogens (tertiary/aromatic N) is 1. The molecule has 2 aromatic rings. The van der Waals surface area contributed by atoms with Gasteiger partial charge in [-0.1, -0.05) is 24.6 Å². The normalized spacial score (nSPS) is 17.6. The van der Waals surface area contributed by atoms with Crippen LogP contribution in [0.4, 0.5) is 0 Å². The number of rotatable bonds is 9. The number of carboxylic acid groups (broad SMARTS) is 1. The SMILES string of the molecule is CCOc1cc(C(c2cccc(OC)c2OC)N2CCCCC2C(=O)O)ccc1OC. The summed E-state index contributed by atoms with van der Waals surface area (Å²) >= 11 is 0. The summed E-state index contributed by atoms with van der Waals surface area (Å²) in [4.78, 5) is 14.2. The average Bonchev–Trinajstić information content (AvgIpc) is 2.79. The van der Waals surface area contributed by atoms with Crippen molar-refractivity contribution in [3.8, 4) is 23.0 Å². The number of benzene rings is 2. The number of carbonyl (C=O) groups is 1. The van der Waals surface area contributed by atoms with Crippen LogP contribution in [0, 0.1) is 0 Å². The standard InChI is InChI=1S/C24H31NO6/c1-5-31-21-15-16(12-13-19(21)28-2)22(25-14-7-6-10-18(25)24(26)27)17-9-8-11-20(29-3)23(17)30-4/h8-9,11-13,15,18,22H,5-7,10,14H2,1-4H3,(H,26,27). The highest BCUT2D eigenvalue weighted by atomic mass is 16.5. The molecule has 1 saturated heterocycles. The molecule has 1 fully saturated rings. The molecule has 0 amide bonds. The van der Waals surface area contributed by atoms with Gasteiger partial charge in [0.2, 0.25) is 0 Å². The van der Waals surface area contributed by atoms with Crippen molar-refractivity contribution in [3.63, 3.8) is 0 Å². The molecule has 1 N–H and O–H groups in total. The number of hydrogen-bond acceptors (Lipinski definition) is 6. The molecule has 168 valence electrons. The Hall–Kier alpha value is -2.93. The maximum atomic E-state index is 12.1. The number of methoxy groups -OCH3 is 3. The average molecular weight is 430 g/mol. The number of carboxylic acids is 1.